The third kappa shape index (κ3) is 3.14. The zero-order valence-electron chi connectivity index (χ0n) is 9.56. The van der Waals surface area contributed by atoms with Gasteiger partial charge in [-0.3, -0.25) is 0 Å². The summed E-state index contributed by atoms with van der Waals surface area (Å²) in [5.74, 6) is 1.18. The zero-order chi connectivity index (χ0) is 12.3. The van der Waals surface area contributed by atoms with E-state index >= 15 is 0 Å². The van der Waals surface area contributed by atoms with Crippen LogP contribution in [-0.2, 0) is 6.42 Å². The maximum Gasteiger partial charge on any atom is 0.243 e. The lowest BCUT2D eigenvalue weighted by Gasteiger charge is -1.99. The third-order valence-electron chi connectivity index (χ3n) is 2.49. The largest absolute Gasteiger partial charge is 0.338 e. The van der Waals surface area contributed by atoms with Gasteiger partial charge in [0.15, 0.2) is 5.82 Å². The van der Waals surface area contributed by atoms with Gasteiger partial charge >= 0.3 is 0 Å². The van der Waals surface area contributed by atoms with Crippen molar-refractivity contribution in [2.24, 2.45) is 5.73 Å². The van der Waals surface area contributed by atoms with E-state index in [4.69, 9.17) is 10.3 Å². The first-order chi connectivity index (χ1) is 8.19. The summed E-state index contributed by atoms with van der Waals surface area (Å²) in [5, 5.41) is 3.93. The molecule has 5 heteroatoms. The smallest absolute Gasteiger partial charge is 0.243 e. The van der Waals surface area contributed by atoms with Crippen molar-refractivity contribution >= 4 is 15.9 Å². The van der Waals surface area contributed by atoms with Gasteiger partial charge in [0.1, 0.15) is 0 Å². The highest BCUT2D eigenvalue weighted by Crippen LogP contribution is 2.16. The predicted molar refractivity (Wildman–Crippen MR) is 68.5 cm³/mol. The first kappa shape index (κ1) is 12.3. The Kier molecular flexibility index (Phi) is 3.91. The Hall–Kier alpha value is -1.20. The second-order valence-electron chi connectivity index (χ2n) is 3.87. The van der Waals surface area contributed by atoms with Crippen molar-refractivity contribution in [2.45, 2.75) is 25.8 Å². The molecule has 0 radical (unpaired) electrons. The topological polar surface area (TPSA) is 64.9 Å². The van der Waals surface area contributed by atoms with Crippen LogP contribution in [0.1, 0.15) is 36.7 Å². The number of rotatable bonds is 4. The van der Waals surface area contributed by atoms with E-state index < -0.39 is 0 Å². The van der Waals surface area contributed by atoms with Crippen LogP contribution in [0, 0.1) is 0 Å². The van der Waals surface area contributed by atoms with Crippen LogP contribution in [0.4, 0.5) is 0 Å². The summed E-state index contributed by atoms with van der Waals surface area (Å²) < 4.78 is 6.17. The molecular weight excluding hydrogens is 282 g/mol. The van der Waals surface area contributed by atoms with Gasteiger partial charge in [-0.2, -0.15) is 4.98 Å². The molecule has 0 aliphatic rings. The molecule has 0 unspecified atom stereocenters. The van der Waals surface area contributed by atoms with Crippen LogP contribution in [0.25, 0.3) is 0 Å². The van der Waals surface area contributed by atoms with Crippen molar-refractivity contribution in [3.63, 3.8) is 0 Å². The van der Waals surface area contributed by atoms with Crippen LogP contribution >= 0.6 is 15.9 Å². The number of halogens is 1. The third-order valence-corrected chi connectivity index (χ3v) is 2.99. The van der Waals surface area contributed by atoms with E-state index in [9.17, 15) is 0 Å². The molecule has 0 amide bonds. The van der Waals surface area contributed by atoms with Crippen molar-refractivity contribution in [1.29, 1.82) is 0 Å². The SMILES string of the molecule is CC[C@@H](N)c1nc(Cc2cccc(Br)c2)no1. The zero-order valence-corrected chi connectivity index (χ0v) is 11.1. The van der Waals surface area contributed by atoms with Crippen LogP contribution in [0.15, 0.2) is 33.3 Å². The molecule has 17 heavy (non-hydrogen) atoms. The van der Waals surface area contributed by atoms with Crippen LogP contribution < -0.4 is 5.73 Å². The fraction of sp³-hybridized carbons (Fsp3) is 0.333. The van der Waals surface area contributed by atoms with Crippen LogP contribution in [-0.4, -0.2) is 10.1 Å². The summed E-state index contributed by atoms with van der Waals surface area (Å²) in [7, 11) is 0. The highest BCUT2D eigenvalue weighted by Gasteiger charge is 2.12. The van der Waals surface area contributed by atoms with E-state index in [1.807, 2.05) is 31.2 Å². The lowest BCUT2D eigenvalue weighted by atomic mass is 10.1. The quantitative estimate of drug-likeness (QED) is 0.942. The average Bonchev–Trinajstić information content (AvgIpc) is 2.76. The normalized spacial score (nSPS) is 12.6. The average molecular weight is 296 g/mol. The lowest BCUT2D eigenvalue weighted by Crippen LogP contribution is -2.08. The van der Waals surface area contributed by atoms with Gasteiger partial charge in [-0.1, -0.05) is 40.1 Å². The van der Waals surface area contributed by atoms with Crippen LogP contribution in [0.3, 0.4) is 0 Å². The Balaban J connectivity index is 2.11. The molecular formula is C12H14BrN3O. The Morgan fingerprint density at radius 3 is 3.00 bits per heavy atom. The van der Waals surface area contributed by atoms with Gasteiger partial charge in [-0.15, -0.1) is 0 Å². The van der Waals surface area contributed by atoms with Crippen molar-refractivity contribution in [1.82, 2.24) is 10.1 Å². The van der Waals surface area contributed by atoms with E-state index in [1.165, 1.54) is 0 Å². The molecule has 1 atom stereocenters. The fourth-order valence-electron chi connectivity index (χ4n) is 1.49. The molecule has 0 bridgehead atoms. The van der Waals surface area contributed by atoms with Gasteiger partial charge in [-0.05, 0) is 24.1 Å². The molecule has 90 valence electrons. The molecule has 1 aromatic carbocycles. The Morgan fingerprint density at radius 2 is 2.29 bits per heavy atom. The molecule has 0 aliphatic heterocycles. The summed E-state index contributed by atoms with van der Waals surface area (Å²) in [5.41, 5.74) is 6.96. The van der Waals surface area contributed by atoms with Gasteiger partial charge in [0.25, 0.3) is 0 Å². The summed E-state index contributed by atoms with van der Waals surface area (Å²) >= 11 is 3.43. The summed E-state index contributed by atoms with van der Waals surface area (Å²) in [4.78, 5) is 4.29. The molecule has 0 saturated heterocycles. The molecule has 1 aromatic heterocycles. The minimum absolute atomic E-state index is 0.168. The minimum Gasteiger partial charge on any atom is -0.338 e. The van der Waals surface area contributed by atoms with Crippen LogP contribution in [0.5, 0.6) is 0 Å². The first-order valence-corrected chi connectivity index (χ1v) is 6.31. The van der Waals surface area contributed by atoms with E-state index in [-0.39, 0.29) is 6.04 Å². The van der Waals surface area contributed by atoms with E-state index in [0.717, 1.165) is 16.5 Å². The Morgan fingerprint density at radius 1 is 1.47 bits per heavy atom. The van der Waals surface area contributed by atoms with E-state index in [1.54, 1.807) is 0 Å². The molecule has 2 aromatic rings. The maximum atomic E-state index is 5.82. The number of hydrogen-bond donors (Lipinski definition) is 1. The molecule has 1 heterocycles. The lowest BCUT2D eigenvalue weighted by molar-refractivity contribution is 0.348. The molecule has 2 rings (SSSR count). The van der Waals surface area contributed by atoms with Crippen molar-refractivity contribution in [3.05, 3.63) is 46.0 Å². The molecule has 0 aliphatic carbocycles. The van der Waals surface area contributed by atoms with Gasteiger partial charge in [0.05, 0.1) is 6.04 Å². The molecule has 0 fully saturated rings. The van der Waals surface area contributed by atoms with Gasteiger partial charge < -0.3 is 10.3 Å². The standard InChI is InChI=1S/C12H14BrN3O/c1-2-10(14)12-15-11(16-17-12)7-8-4-3-5-9(13)6-8/h3-6,10H,2,7,14H2,1H3/t10-/m1/s1. The summed E-state index contributed by atoms with van der Waals surface area (Å²) in [6.45, 7) is 1.99. The van der Waals surface area contributed by atoms with Gasteiger partial charge in [0, 0.05) is 10.9 Å². The number of nitrogens with two attached hydrogens (primary N) is 1. The number of nitrogens with zero attached hydrogens (tertiary/aromatic N) is 2. The van der Waals surface area contributed by atoms with Gasteiger partial charge in [-0.25, -0.2) is 0 Å². The molecule has 0 spiro atoms. The molecule has 4 nitrogen and oxygen atoms in total. The second-order valence-corrected chi connectivity index (χ2v) is 4.79. The van der Waals surface area contributed by atoms with Crippen molar-refractivity contribution in [2.75, 3.05) is 0 Å². The second kappa shape index (κ2) is 5.42. The summed E-state index contributed by atoms with van der Waals surface area (Å²) in [6, 6.07) is 7.87. The van der Waals surface area contributed by atoms with Gasteiger partial charge in [0.2, 0.25) is 5.89 Å². The highest BCUT2D eigenvalue weighted by molar-refractivity contribution is 9.10. The molecule has 2 N–H and O–H groups in total. The number of benzene rings is 1. The molecule has 0 saturated carbocycles. The minimum atomic E-state index is -0.168. The first-order valence-electron chi connectivity index (χ1n) is 5.51. The number of hydrogen-bond acceptors (Lipinski definition) is 4. The maximum absolute atomic E-state index is 5.82. The predicted octanol–water partition coefficient (Wildman–Crippen LogP) is 2.83. The summed E-state index contributed by atoms with van der Waals surface area (Å²) in [6.07, 6.45) is 1.44. The van der Waals surface area contributed by atoms with Crippen molar-refractivity contribution in [3.8, 4) is 0 Å². The van der Waals surface area contributed by atoms with Crippen LogP contribution in [0.2, 0.25) is 0 Å². The monoisotopic (exact) mass is 295 g/mol. The van der Waals surface area contributed by atoms with E-state index in [0.29, 0.717) is 18.1 Å². The number of aromatic nitrogens is 2. The fourth-order valence-corrected chi connectivity index (χ4v) is 1.94. The van der Waals surface area contributed by atoms with E-state index in [2.05, 4.69) is 26.1 Å². The Labute approximate surface area is 108 Å². The van der Waals surface area contributed by atoms with Crippen molar-refractivity contribution < 1.29 is 4.52 Å². The Bertz CT molecular complexity index is 498. The highest BCUT2D eigenvalue weighted by atomic mass is 79.9.